The number of benzene rings is 1. The van der Waals surface area contributed by atoms with Gasteiger partial charge in [-0.2, -0.15) is 0 Å². The van der Waals surface area contributed by atoms with Crippen molar-refractivity contribution in [3.63, 3.8) is 0 Å². The zero-order valence-corrected chi connectivity index (χ0v) is 14.5. The van der Waals surface area contributed by atoms with E-state index in [2.05, 4.69) is 45.0 Å². The van der Waals surface area contributed by atoms with E-state index < -0.39 is 0 Å². The highest BCUT2D eigenvalue weighted by atomic mass is 79.9. The summed E-state index contributed by atoms with van der Waals surface area (Å²) in [5.41, 5.74) is 2.19. The lowest BCUT2D eigenvalue weighted by Gasteiger charge is -2.13. The molecule has 0 aliphatic heterocycles. The maximum atomic E-state index is 5.44. The van der Waals surface area contributed by atoms with Gasteiger partial charge in [0, 0.05) is 5.92 Å². The van der Waals surface area contributed by atoms with Gasteiger partial charge in [-0.1, -0.05) is 55.9 Å². The SMILES string of the molecule is CCC1CCC(c2nc(=S)c(Br)c(-c3ccccc3)[nH]2)C1. The van der Waals surface area contributed by atoms with Gasteiger partial charge in [0.15, 0.2) is 0 Å². The molecule has 1 N–H and O–H groups in total. The average molecular weight is 363 g/mol. The van der Waals surface area contributed by atoms with Gasteiger partial charge in [0.2, 0.25) is 0 Å². The number of hydrogen-bond donors (Lipinski definition) is 1. The van der Waals surface area contributed by atoms with Crippen molar-refractivity contribution in [2.24, 2.45) is 5.92 Å². The Balaban J connectivity index is 2.01. The van der Waals surface area contributed by atoms with Crippen molar-refractivity contribution >= 4 is 28.1 Å². The minimum Gasteiger partial charge on any atom is -0.342 e. The molecule has 0 saturated heterocycles. The summed E-state index contributed by atoms with van der Waals surface area (Å²) in [5, 5.41) is 0. The first kappa shape index (κ1) is 14.9. The summed E-state index contributed by atoms with van der Waals surface area (Å²) in [6.07, 6.45) is 5.01. The lowest BCUT2D eigenvalue weighted by Crippen LogP contribution is -2.04. The highest BCUT2D eigenvalue weighted by Crippen LogP contribution is 2.39. The van der Waals surface area contributed by atoms with Gasteiger partial charge in [-0.15, -0.1) is 0 Å². The van der Waals surface area contributed by atoms with Crippen LogP contribution in [0.25, 0.3) is 11.3 Å². The molecule has 2 atom stereocenters. The summed E-state index contributed by atoms with van der Waals surface area (Å²) in [6.45, 7) is 2.28. The molecule has 0 bridgehead atoms. The van der Waals surface area contributed by atoms with Crippen LogP contribution in [0.1, 0.15) is 44.3 Å². The maximum Gasteiger partial charge on any atom is 0.144 e. The van der Waals surface area contributed by atoms with Crippen LogP contribution in [0.4, 0.5) is 0 Å². The van der Waals surface area contributed by atoms with E-state index in [0.29, 0.717) is 10.6 Å². The molecule has 1 aromatic carbocycles. The summed E-state index contributed by atoms with van der Waals surface area (Å²) in [7, 11) is 0. The molecule has 1 aromatic heterocycles. The van der Waals surface area contributed by atoms with Crippen molar-refractivity contribution in [1.29, 1.82) is 0 Å². The molecule has 1 fully saturated rings. The third-order valence-electron chi connectivity index (χ3n) is 4.45. The lowest BCUT2D eigenvalue weighted by molar-refractivity contribution is 0.516. The van der Waals surface area contributed by atoms with Gasteiger partial charge >= 0.3 is 0 Å². The molecule has 0 spiro atoms. The minimum absolute atomic E-state index is 0.521. The van der Waals surface area contributed by atoms with Crippen molar-refractivity contribution in [2.45, 2.75) is 38.5 Å². The molecule has 3 rings (SSSR count). The predicted molar refractivity (Wildman–Crippen MR) is 92.9 cm³/mol. The molecule has 21 heavy (non-hydrogen) atoms. The monoisotopic (exact) mass is 362 g/mol. The molecule has 0 radical (unpaired) electrons. The number of aromatic amines is 1. The molecular formula is C17H19BrN2S. The van der Waals surface area contributed by atoms with Crippen LogP contribution < -0.4 is 0 Å². The molecular weight excluding hydrogens is 344 g/mol. The molecule has 1 aliphatic rings. The van der Waals surface area contributed by atoms with E-state index in [4.69, 9.17) is 12.2 Å². The van der Waals surface area contributed by atoms with E-state index in [1.165, 1.54) is 25.7 Å². The first-order chi connectivity index (χ1) is 10.2. The third kappa shape index (κ3) is 3.11. The number of nitrogens with one attached hydrogen (secondary N) is 1. The average Bonchev–Trinajstić information content (AvgIpc) is 3.00. The summed E-state index contributed by atoms with van der Waals surface area (Å²) in [4.78, 5) is 8.15. The van der Waals surface area contributed by atoms with Gasteiger partial charge in [-0.25, -0.2) is 4.98 Å². The van der Waals surface area contributed by atoms with Crippen molar-refractivity contribution < 1.29 is 0 Å². The first-order valence-electron chi connectivity index (χ1n) is 7.54. The Kier molecular flexibility index (Phi) is 4.55. The van der Waals surface area contributed by atoms with E-state index in [1.54, 1.807) is 0 Å². The molecule has 1 heterocycles. The van der Waals surface area contributed by atoms with E-state index in [-0.39, 0.29) is 0 Å². The molecule has 4 heteroatoms. The Morgan fingerprint density at radius 3 is 2.71 bits per heavy atom. The van der Waals surface area contributed by atoms with Crippen LogP contribution in [0.3, 0.4) is 0 Å². The number of hydrogen-bond acceptors (Lipinski definition) is 2. The smallest absolute Gasteiger partial charge is 0.144 e. The Hall–Kier alpha value is -1.00. The zero-order chi connectivity index (χ0) is 14.8. The molecule has 0 amide bonds. The van der Waals surface area contributed by atoms with Crippen LogP contribution in [-0.4, -0.2) is 9.97 Å². The van der Waals surface area contributed by atoms with Gasteiger partial charge in [0.1, 0.15) is 10.5 Å². The van der Waals surface area contributed by atoms with Crippen molar-refractivity contribution in [3.05, 3.63) is 45.3 Å². The standard InChI is InChI=1S/C17H19BrN2S/c1-2-11-8-9-13(10-11)16-19-15(14(18)17(21)20-16)12-6-4-3-5-7-12/h3-7,11,13H,2,8-10H2,1H3,(H,19,20,21). The van der Waals surface area contributed by atoms with Gasteiger partial charge in [-0.3, -0.25) is 0 Å². The molecule has 2 nitrogen and oxygen atoms in total. The highest BCUT2D eigenvalue weighted by Gasteiger charge is 2.27. The fourth-order valence-corrected chi connectivity index (χ4v) is 3.78. The van der Waals surface area contributed by atoms with Gasteiger partial charge in [-0.05, 0) is 46.7 Å². The predicted octanol–water partition coefficient (Wildman–Crippen LogP) is 5.86. The van der Waals surface area contributed by atoms with Crippen molar-refractivity contribution in [3.8, 4) is 11.3 Å². The van der Waals surface area contributed by atoms with E-state index in [9.17, 15) is 0 Å². The van der Waals surface area contributed by atoms with Crippen molar-refractivity contribution in [1.82, 2.24) is 9.97 Å². The topological polar surface area (TPSA) is 28.7 Å². The van der Waals surface area contributed by atoms with Crippen molar-refractivity contribution in [2.75, 3.05) is 0 Å². The van der Waals surface area contributed by atoms with Gasteiger partial charge in [0.05, 0.1) is 10.2 Å². The Bertz CT molecular complexity index is 681. The molecule has 1 aliphatic carbocycles. The number of H-pyrrole nitrogens is 1. The Morgan fingerprint density at radius 1 is 1.29 bits per heavy atom. The van der Waals surface area contributed by atoms with Crippen LogP contribution in [0.5, 0.6) is 0 Å². The second kappa shape index (κ2) is 6.41. The van der Waals surface area contributed by atoms with E-state index in [1.807, 2.05) is 18.2 Å². The number of nitrogens with zero attached hydrogens (tertiary/aromatic N) is 1. The second-order valence-electron chi connectivity index (χ2n) is 5.77. The summed E-state index contributed by atoms with van der Waals surface area (Å²) < 4.78 is 1.54. The summed E-state index contributed by atoms with van der Waals surface area (Å²) >= 11 is 9.03. The summed E-state index contributed by atoms with van der Waals surface area (Å²) in [5.74, 6) is 2.41. The molecule has 1 saturated carbocycles. The highest BCUT2D eigenvalue weighted by molar-refractivity contribution is 9.10. The Labute approximate surface area is 139 Å². The van der Waals surface area contributed by atoms with Crippen LogP contribution in [0.15, 0.2) is 34.8 Å². The fraction of sp³-hybridized carbons (Fsp3) is 0.412. The molecule has 110 valence electrons. The van der Waals surface area contributed by atoms with E-state index >= 15 is 0 Å². The second-order valence-corrected chi connectivity index (χ2v) is 6.95. The summed E-state index contributed by atoms with van der Waals surface area (Å²) in [6, 6.07) is 10.3. The first-order valence-corrected chi connectivity index (χ1v) is 8.74. The number of aromatic nitrogens is 2. The minimum atomic E-state index is 0.521. The van der Waals surface area contributed by atoms with Crippen LogP contribution in [-0.2, 0) is 0 Å². The normalized spacial score (nSPS) is 21.6. The maximum absolute atomic E-state index is 5.44. The molecule has 2 aromatic rings. The van der Waals surface area contributed by atoms with E-state index in [0.717, 1.165) is 27.5 Å². The number of halogens is 1. The van der Waals surface area contributed by atoms with Crippen LogP contribution in [0.2, 0.25) is 0 Å². The van der Waals surface area contributed by atoms with Gasteiger partial charge < -0.3 is 4.98 Å². The fourth-order valence-electron chi connectivity index (χ4n) is 3.17. The number of rotatable bonds is 3. The van der Waals surface area contributed by atoms with Gasteiger partial charge in [0.25, 0.3) is 0 Å². The van der Waals surface area contributed by atoms with Crippen LogP contribution in [0, 0.1) is 10.6 Å². The quantitative estimate of drug-likeness (QED) is 0.692. The van der Waals surface area contributed by atoms with Crippen LogP contribution >= 0.6 is 28.1 Å². The molecule has 2 unspecified atom stereocenters. The largest absolute Gasteiger partial charge is 0.342 e. The Morgan fingerprint density at radius 2 is 2.05 bits per heavy atom. The lowest BCUT2D eigenvalue weighted by atomic mass is 10.0. The third-order valence-corrected chi connectivity index (χ3v) is 5.78. The zero-order valence-electron chi connectivity index (χ0n) is 12.1.